The van der Waals surface area contributed by atoms with E-state index in [9.17, 15) is 14.6 Å². The Bertz CT molecular complexity index is 704. The first-order valence-corrected chi connectivity index (χ1v) is 10.3. The zero-order valence-electron chi connectivity index (χ0n) is 18.1. The second kappa shape index (κ2) is 11.5. The molecule has 8 nitrogen and oxygen atoms in total. The van der Waals surface area contributed by atoms with Crippen molar-refractivity contribution in [3.05, 3.63) is 29.8 Å². The molecule has 4 N–H and O–H groups in total. The second-order valence-electron chi connectivity index (χ2n) is 8.52. The number of morpholine rings is 1. The number of hydrogen-bond donors (Lipinski definition) is 3. The molecule has 30 heavy (non-hydrogen) atoms. The van der Waals surface area contributed by atoms with Crippen LogP contribution in [-0.2, 0) is 25.5 Å². The van der Waals surface area contributed by atoms with E-state index < -0.39 is 23.7 Å². The Labute approximate surface area is 179 Å². The first-order valence-electron chi connectivity index (χ1n) is 10.3. The van der Waals surface area contributed by atoms with Crippen LogP contribution in [0.5, 0.6) is 0 Å². The number of nitrogens with zero attached hydrogens (tertiary/aromatic N) is 1. The minimum atomic E-state index is -0.875. The highest BCUT2D eigenvalue weighted by Crippen LogP contribution is 2.12. The van der Waals surface area contributed by atoms with Gasteiger partial charge in [0.1, 0.15) is 11.6 Å². The van der Waals surface area contributed by atoms with Crippen LogP contribution in [0.25, 0.3) is 0 Å². The van der Waals surface area contributed by atoms with Gasteiger partial charge in [0.05, 0.1) is 19.3 Å². The molecule has 1 heterocycles. The largest absolute Gasteiger partial charge is 0.458 e. The summed E-state index contributed by atoms with van der Waals surface area (Å²) in [6.45, 7) is 9.06. The van der Waals surface area contributed by atoms with Crippen LogP contribution < -0.4 is 16.5 Å². The molecule has 0 spiro atoms. The number of rotatable bonds is 9. The maximum atomic E-state index is 12.7. The van der Waals surface area contributed by atoms with Crippen molar-refractivity contribution in [3.8, 4) is 0 Å². The number of hydrogen-bond acceptors (Lipinski definition) is 7. The first kappa shape index (κ1) is 24.3. The van der Waals surface area contributed by atoms with Gasteiger partial charge in [0.25, 0.3) is 0 Å². The van der Waals surface area contributed by atoms with Gasteiger partial charge in [0.2, 0.25) is 5.91 Å². The van der Waals surface area contributed by atoms with Crippen molar-refractivity contribution in [1.82, 2.24) is 10.2 Å². The van der Waals surface area contributed by atoms with Crippen LogP contribution in [0, 0.1) is 0 Å². The number of benzene rings is 1. The van der Waals surface area contributed by atoms with Gasteiger partial charge in [0.15, 0.2) is 0 Å². The number of ether oxygens (including phenoxy) is 2. The van der Waals surface area contributed by atoms with E-state index in [0.717, 1.165) is 26.1 Å². The fraction of sp³-hybridized carbons (Fsp3) is 0.619. The van der Waals surface area contributed by atoms with Gasteiger partial charge in [0, 0.05) is 26.1 Å². The predicted molar refractivity (Wildman–Crippen MR) is 115 cm³/mol. The Hall–Kier alpha value is -1.94. The van der Waals surface area contributed by atoms with Crippen molar-refractivity contribution in [1.29, 1.82) is 0 Å². The van der Waals surface area contributed by atoms with Crippen LogP contribution in [0.4, 0.5) is 0 Å². The van der Waals surface area contributed by atoms with Gasteiger partial charge in [-0.3, -0.25) is 9.69 Å². The molecule has 0 unspecified atom stereocenters. The lowest BCUT2D eigenvalue weighted by Crippen LogP contribution is -2.51. The summed E-state index contributed by atoms with van der Waals surface area (Å²) in [6, 6.07) is 5.50. The molecule has 1 aromatic carbocycles. The van der Waals surface area contributed by atoms with Crippen molar-refractivity contribution in [2.45, 2.75) is 51.3 Å². The van der Waals surface area contributed by atoms with Crippen LogP contribution in [-0.4, -0.2) is 79.8 Å². The Balaban J connectivity index is 2.01. The summed E-state index contributed by atoms with van der Waals surface area (Å²) in [5, 5.41) is 12.0. The van der Waals surface area contributed by atoms with Gasteiger partial charge in [-0.15, -0.1) is 0 Å². The summed E-state index contributed by atoms with van der Waals surface area (Å²) in [4.78, 5) is 27.6. The molecule has 1 radical (unpaired) electrons. The molecular formula is C21H33BN3O5. The lowest BCUT2D eigenvalue weighted by atomic mass is 9.87. The van der Waals surface area contributed by atoms with Gasteiger partial charge in [-0.25, -0.2) is 4.79 Å². The summed E-state index contributed by atoms with van der Waals surface area (Å²) < 4.78 is 10.8. The fourth-order valence-corrected chi connectivity index (χ4v) is 3.16. The quantitative estimate of drug-likeness (QED) is 0.361. The molecule has 165 valence electrons. The highest BCUT2D eigenvalue weighted by Gasteiger charge is 2.29. The number of amides is 1. The van der Waals surface area contributed by atoms with E-state index in [4.69, 9.17) is 15.2 Å². The first-order chi connectivity index (χ1) is 14.2. The van der Waals surface area contributed by atoms with Gasteiger partial charge in [-0.2, -0.15) is 0 Å². The normalized spacial score (nSPS) is 17.1. The van der Waals surface area contributed by atoms with Crippen LogP contribution >= 0.6 is 0 Å². The minimum absolute atomic E-state index is 0.235. The third kappa shape index (κ3) is 8.43. The maximum absolute atomic E-state index is 12.7. The van der Waals surface area contributed by atoms with Crippen molar-refractivity contribution in [3.63, 3.8) is 0 Å². The molecule has 0 aromatic heterocycles. The molecule has 1 amide bonds. The van der Waals surface area contributed by atoms with E-state index >= 15 is 0 Å². The monoisotopic (exact) mass is 418 g/mol. The molecule has 0 saturated carbocycles. The Morgan fingerprint density at radius 1 is 1.33 bits per heavy atom. The van der Waals surface area contributed by atoms with Crippen LogP contribution in [0.1, 0.15) is 32.8 Å². The molecule has 1 aromatic rings. The number of esters is 1. The topological polar surface area (TPSA) is 114 Å². The molecule has 1 aliphatic heterocycles. The van der Waals surface area contributed by atoms with Gasteiger partial charge in [-0.1, -0.05) is 29.7 Å². The molecule has 0 aliphatic carbocycles. The highest BCUT2D eigenvalue weighted by atomic mass is 16.6. The smallest absolute Gasteiger partial charge is 0.329 e. The number of carbonyl (C=O) groups is 2. The lowest BCUT2D eigenvalue weighted by molar-refractivity contribution is -0.158. The lowest BCUT2D eigenvalue weighted by Gasteiger charge is -2.28. The highest BCUT2D eigenvalue weighted by molar-refractivity contribution is 6.45. The average Bonchev–Trinajstić information content (AvgIpc) is 2.71. The third-order valence-electron chi connectivity index (χ3n) is 4.74. The zero-order valence-corrected chi connectivity index (χ0v) is 18.1. The molecule has 1 fully saturated rings. The van der Waals surface area contributed by atoms with Crippen molar-refractivity contribution in [2.24, 2.45) is 5.73 Å². The predicted octanol–water partition coefficient (Wildman–Crippen LogP) is -0.658. The van der Waals surface area contributed by atoms with E-state index in [1.165, 1.54) is 0 Å². The Morgan fingerprint density at radius 2 is 2.03 bits per heavy atom. The standard InChI is InChI=1S/C21H33BN3O5/c1-21(2,3)30-20(27)18(14-15-5-4-6-16(13-15)22-28)24-19(26)17(23)7-8-25-9-11-29-12-10-25/h4-6,13,17-18,28H,7-12,14,23H2,1-3H3,(H,24,26)/t17-,18-/m0/s1. The molecule has 9 heteroatoms. The molecular weight excluding hydrogens is 385 g/mol. The second-order valence-corrected chi connectivity index (χ2v) is 8.52. The number of nitrogens with two attached hydrogens (primary N) is 1. The summed E-state index contributed by atoms with van der Waals surface area (Å²) in [5.41, 5.74) is 6.81. The van der Waals surface area contributed by atoms with E-state index in [0.29, 0.717) is 31.6 Å². The zero-order chi connectivity index (χ0) is 22.1. The van der Waals surface area contributed by atoms with E-state index in [1.807, 2.05) is 6.07 Å². The van der Waals surface area contributed by atoms with Gasteiger partial charge >= 0.3 is 13.5 Å². The number of nitrogens with one attached hydrogen (secondary N) is 1. The Kier molecular flexibility index (Phi) is 9.29. The van der Waals surface area contributed by atoms with Crippen LogP contribution in [0.2, 0.25) is 0 Å². The van der Waals surface area contributed by atoms with E-state index in [1.54, 1.807) is 39.0 Å². The van der Waals surface area contributed by atoms with Gasteiger partial charge in [-0.05, 0) is 32.8 Å². The van der Waals surface area contributed by atoms with Gasteiger partial charge < -0.3 is 25.5 Å². The fourth-order valence-electron chi connectivity index (χ4n) is 3.16. The summed E-state index contributed by atoms with van der Waals surface area (Å²) >= 11 is 0. The SMILES string of the molecule is CC(C)(C)OC(=O)[C@H](Cc1cccc([B]O)c1)NC(=O)[C@@H](N)CCN1CCOCC1. The molecule has 1 saturated heterocycles. The van der Waals surface area contributed by atoms with Crippen molar-refractivity contribution in [2.75, 3.05) is 32.8 Å². The minimum Gasteiger partial charge on any atom is -0.458 e. The van der Waals surface area contributed by atoms with Crippen LogP contribution in [0.15, 0.2) is 24.3 Å². The average molecular weight is 418 g/mol. The summed E-state index contributed by atoms with van der Waals surface area (Å²) in [5.74, 6) is -0.904. The maximum Gasteiger partial charge on any atom is 0.329 e. The molecule has 1 aliphatic rings. The third-order valence-corrected chi connectivity index (χ3v) is 4.74. The van der Waals surface area contributed by atoms with Crippen molar-refractivity contribution < 1.29 is 24.1 Å². The van der Waals surface area contributed by atoms with E-state index in [-0.39, 0.29) is 12.3 Å². The van der Waals surface area contributed by atoms with Crippen LogP contribution in [0.3, 0.4) is 0 Å². The molecule has 0 bridgehead atoms. The molecule has 2 atom stereocenters. The summed E-state index contributed by atoms with van der Waals surface area (Å²) in [6.07, 6.45) is 0.723. The number of carbonyl (C=O) groups excluding carboxylic acids is 2. The molecule has 2 rings (SSSR count). The Morgan fingerprint density at radius 3 is 2.67 bits per heavy atom. The van der Waals surface area contributed by atoms with E-state index in [2.05, 4.69) is 10.2 Å². The summed E-state index contributed by atoms with van der Waals surface area (Å²) in [7, 11) is 0.992. The van der Waals surface area contributed by atoms with Crippen molar-refractivity contribution >= 4 is 24.8 Å².